The number of sulfonamides is 1. The lowest BCUT2D eigenvalue weighted by Crippen LogP contribution is -2.35. The van der Waals surface area contributed by atoms with Gasteiger partial charge in [-0.3, -0.25) is 9.78 Å². The standard InChI is InChI=1S/C20H27N5O3S/c1-3-24(4-2)19-9-8-16(29(27,28)25-12-6-5-7-13-25)14-17(19)23-20(26)18-15-21-10-11-22-18/h8-11,14-15H,3-7,12-13H2,1-2H3,(H,23,26). The molecular weight excluding hydrogens is 390 g/mol. The van der Waals surface area contributed by atoms with E-state index in [2.05, 4.69) is 20.2 Å². The van der Waals surface area contributed by atoms with Crippen molar-refractivity contribution in [3.8, 4) is 0 Å². The van der Waals surface area contributed by atoms with E-state index in [-0.39, 0.29) is 10.6 Å². The number of amides is 1. The first-order valence-electron chi connectivity index (χ1n) is 9.94. The molecule has 9 heteroatoms. The molecule has 1 aromatic heterocycles. The zero-order valence-corrected chi connectivity index (χ0v) is 17.7. The van der Waals surface area contributed by atoms with Crippen molar-refractivity contribution in [1.29, 1.82) is 0 Å². The van der Waals surface area contributed by atoms with Crippen LogP contribution in [0, 0.1) is 0 Å². The first-order chi connectivity index (χ1) is 14.0. The van der Waals surface area contributed by atoms with E-state index in [1.807, 2.05) is 13.8 Å². The SMILES string of the molecule is CCN(CC)c1ccc(S(=O)(=O)N2CCCCC2)cc1NC(=O)c1cnccn1. The number of anilines is 2. The predicted molar refractivity (Wildman–Crippen MR) is 113 cm³/mol. The molecule has 8 nitrogen and oxygen atoms in total. The van der Waals surface area contributed by atoms with E-state index in [9.17, 15) is 13.2 Å². The minimum absolute atomic E-state index is 0.169. The molecule has 1 N–H and O–H groups in total. The molecule has 2 heterocycles. The van der Waals surface area contributed by atoms with E-state index in [1.54, 1.807) is 18.2 Å². The largest absolute Gasteiger partial charge is 0.370 e. The molecule has 1 saturated heterocycles. The maximum Gasteiger partial charge on any atom is 0.275 e. The lowest BCUT2D eigenvalue weighted by Gasteiger charge is -2.28. The van der Waals surface area contributed by atoms with Crippen LogP contribution in [-0.4, -0.2) is 54.8 Å². The Morgan fingerprint density at radius 2 is 1.86 bits per heavy atom. The minimum atomic E-state index is -3.61. The summed E-state index contributed by atoms with van der Waals surface area (Å²) >= 11 is 0. The third-order valence-corrected chi connectivity index (χ3v) is 6.96. The number of nitrogens with zero attached hydrogens (tertiary/aromatic N) is 4. The van der Waals surface area contributed by atoms with Crippen LogP contribution in [0.25, 0.3) is 0 Å². The van der Waals surface area contributed by atoms with Crippen LogP contribution in [0.2, 0.25) is 0 Å². The summed E-state index contributed by atoms with van der Waals surface area (Å²) in [6, 6.07) is 4.93. The molecule has 0 radical (unpaired) electrons. The van der Waals surface area contributed by atoms with Gasteiger partial charge in [-0.1, -0.05) is 6.42 Å². The van der Waals surface area contributed by atoms with E-state index in [0.717, 1.165) is 38.0 Å². The number of rotatable bonds is 7. The molecule has 0 aliphatic carbocycles. The van der Waals surface area contributed by atoms with Crippen LogP contribution in [-0.2, 0) is 10.0 Å². The molecule has 0 spiro atoms. The predicted octanol–water partition coefficient (Wildman–Crippen LogP) is 2.75. The van der Waals surface area contributed by atoms with Gasteiger partial charge in [0.15, 0.2) is 0 Å². The summed E-state index contributed by atoms with van der Waals surface area (Å²) in [5.41, 5.74) is 1.38. The van der Waals surface area contributed by atoms with Gasteiger partial charge in [0.05, 0.1) is 22.5 Å². The average molecular weight is 418 g/mol. The maximum atomic E-state index is 13.1. The van der Waals surface area contributed by atoms with Crippen LogP contribution in [0.15, 0.2) is 41.7 Å². The molecule has 0 bridgehead atoms. The third kappa shape index (κ3) is 4.73. The molecule has 1 aromatic carbocycles. The second-order valence-corrected chi connectivity index (χ2v) is 8.80. The summed E-state index contributed by atoms with van der Waals surface area (Å²) in [5, 5.41) is 2.83. The average Bonchev–Trinajstić information content (AvgIpc) is 2.76. The highest BCUT2D eigenvalue weighted by molar-refractivity contribution is 7.89. The highest BCUT2D eigenvalue weighted by Gasteiger charge is 2.27. The Labute approximate surface area is 172 Å². The fourth-order valence-corrected chi connectivity index (χ4v) is 5.02. The number of aromatic nitrogens is 2. The van der Waals surface area contributed by atoms with Gasteiger partial charge >= 0.3 is 0 Å². The highest BCUT2D eigenvalue weighted by atomic mass is 32.2. The summed E-state index contributed by atoms with van der Waals surface area (Å²) in [5.74, 6) is -0.431. The normalized spacial score (nSPS) is 15.1. The summed E-state index contributed by atoms with van der Waals surface area (Å²) in [4.78, 5) is 22.8. The van der Waals surface area contributed by atoms with Crippen LogP contribution >= 0.6 is 0 Å². The molecule has 1 amide bonds. The van der Waals surface area contributed by atoms with E-state index >= 15 is 0 Å². The Bertz CT molecular complexity index is 940. The van der Waals surface area contributed by atoms with Crippen molar-refractivity contribution in [3.63, 3.8) is 0 Å². The van der Waals surface area contributed by atoms with E-state index in [4.69, 9.17) is 0 Å². The summed E-state index contributed by atoms with van der Waals surface area (Å²) < 4.78 is 27.7. The van der Waals surface area contributed by atoms with Crippen LogP contribution in [0.3, 0.4) is 0 Å². The van der Waals surface area contributed by atoms with Crippen molar-refractivity contribution in [2.45, 2.75) is 38.0 Å². The van der Waals surface area contributed by atoms with E-state index in [1.165, 1.54) is 22.9 Å². The molecule has 0 saturated carbocycles. The van der Waals surface area contributed by atoms with Crippen molar-refractivity contribution in [3.05, 3.63) is 42.5 Å². The maximum absolute atomic E-state index is 13.1. The number of carbonyl (C=O) groups excluding carboxylic acids is 1. The smallest absolute Gasteiger partial charge is 0.275 e. The molecule has 0 atom stereocenters. The summed E-state index contributed by atoms with van der Waals surface area (Å²) in [6.45, 7) is 6.53. The van der Waals surface area contributed by atoms with Crippen molar-refractivity contribution in [2.75, 3.05) is 36.4 Å². The van der Waals surface area contributed by atoms with Gasteiger partial charge in [0.2, 0.25) is 10.0 Å². The molecule has 1 aliphatic heterocycles. The topological polar surface area (TPSA) is 95.5 Å². The van der Waals surface area contributed by atoms with Gasteiger partial charge in [-0.05, 0) is 44.9 Å². The Balaban J connectivity index is 1.98. The molecule has 3 rings (SSSR count). The number of hydrogen-bond donors (Lipinski definition) is 1. The monoisotopic (exact) mass is 417 g/mol. The third-order valence-electron chi connectivity index (χ3n) is 5.07. The molecule has 2 aromatic rings. The van der Waals surface area contributed by atoms with Crippen molar-refractivity contribution >= 4 is 27.3 Å². The zero-order valence-electron chi connectivity index (χ0n) is 16.8. The molecule has 156 valence electrons. The van der Waals surface area contributed by atoms with Gasteiger partial charge in [0.25, 0.3) is 5.91 Å². The van der Waals surface area contributed by atoms with Crippen LogP contribution in [0.5, 0.6) is 0 Å². The van der Waals surface area contributed by atoms with Crippen molar-refractivity contribution in [2.24, 2.45) is 0 Å². The first kappa shape index (κ1) is 21.2. The van der Waals surface area contributed by atoms with Gasteiger partial charge in [0.1, 0.15) is 5.69 Å². The van der Waals surface area contributed by atoms with Gasteiger partial charge in [-0.15, -0.1) is 0 Å². The van der Waals surface area contributed by atoms with Crippen molar-refractivity contribution in [1.82, 2.24) is 14.3 Å². The molecule has 29 heavy (non-hydrogen) atoms. The number of benzene rings is 1. The second kappa shape index (κ2) is 9.32. The Hall–Kier alpha value is -2.52. The number of nitrogens with one attached hydrogen (secondary N) is 1. The summed E-state index contributed by atoms with van der Waals surface area (Å²) in [6.07, 6.45) is 7.09. The molecule has 1 aliphatic rings. The molecular formula is C20H27N5O3S. The minimum Gasteiger partial charge on any atom is -0.370 e. The highest BCUT2D eigenvalue weighted by Crippen LogP contribution is 2.31. The van der Waals surface area contributed by atoms with Crippen LogP contribution in [0.4, 0.5) is 11.4 Å². The quantitative estimate of drug-likeness (QED) is 0.744. The van der Waals surface area contributed by atoms with Crippen LogP contribution in [0.1, 0.15) is 43.6 Å². The fraction of sp³-hybridized carbons (Fsp3) is 0.450. The number of piperidine rings is 1. The van der Waals surface area contributed by atoms with Crippen molar-refractivity contribution < 1.29 is 13.2 Å². The van der Waals surface area contributed by atoms with Gasteiger partial charge in [0, 0.05) is 38.6 Å². The number of hydrogen-bond acceptors (Lipinski definition) is 6. The lowest BCUT2D eigenvalue weighted by molar-refractivity contribution is 0.102. The Morgan fingerprint density at radius 1 is 1.14 bits per heavy atom. The first-order valence-corrected chi connectivity index (χ1v) is 11.4. The zero-order chi connectivity index (χ0) is 20.9. The van der Waals surface area contributed by atoms with Crippen LogP contribution < -0.4 is 10.2 Å². The fourth-order valence-electron chi connectivity index (χ4n) is 3.47. The summed E-state index contributed by atoms with van der Waals surface area (Å²) in [7, 11) is -3.61. The molecule has 1 fully saturated rings. The van der Waals surface area contributed by atoms with Gasteiger partial charge in [-0.2, -0.15) is 4.31 Å². The van der Waals surface area contributed by atoms with Gasteiger partial charge < -0.3 is 10.2 Å². The Morgan fingerprint density at radius 3 is 2.48 bits per heavy atom. The second-order valence-electron chi connectivity index (χ2n) is 6.86. The van der Waals surface area contributed by atoms with Gasteiger partial charge in [-0.25, -0.2) is 13.4 Å². The lowest BCUT2D eigenvalue weighted by atomic mass is 10.2. The van der Waals surface area contributed by atoms with E-state index < -0.39 is 15.9 Å². The van der Waals surface area contributed by atoms with E-state index in [0.29, 0.717) is 18.8 Å². The molecule has 0 unspecified atom stereocenters. The number of carbonyl (C=O) groups is 1. The Kier molecular flexibility index (Phi) is 6.81.